The average Bonchev–Trinajstić information content (AvgIpc) is 2.60. The SMILES string of the molecule is CCC#C[C@H](C)N1C(=O)c2ccccc2C1=O. The molecule has 0 spiro atoms. The van der Waals surface area contributed by atoms with Gasteiger partial charge in [0.15, 0.2) is 0 Å². The third-order valence-electron chi connectivity index (χ3n) is 2.70. The van der Waals surface area contributed by atoms with Gasteiger partial charge in [0, 0.05) is 6.42 Å². The molecule has 0 aromatic heterocycles. The lowest BCUT2D eigenvalue weighted by atomic mass is 10.1. The number of rotatable bonds is 1. The molecule has 0 bridgehead atoms. The minimum Gasteiger partial charge on any atom is -0.269 e. The summed E-state index contributed by atoms with van der Waals surface area (Å²) >= 11 is 0. The first-order valence-corrected chi connectivity index (χ1v) is 5.62. The number of carbonyl (C=O) groups excluding carboxylic acids is 2. The molecular formula is C14H13NO2. The lowest BCUT2D eigenvalue weighted by Gasteiger charge is -2.17. The van der Waals surface area contributed by atoms with E-state index in [-0.39, 0.29) is 17.9 Å². The van der Waals surface area contributed by atoms with Crippen LogP contribution in [0.5, 0.6) is 0 Å². The van der Waals surface area contributed by atoms with Gasteiger partial charge in [0.1, 0.15) is 0 Å². The van der Waals surface area contributed by atoms with Crippen LogP contribution in [-0.4, -0.2) is 22.8 Å². The van der Waals surface area contributed by atoms with Crippen LogP contribution in [0.25, 0.3) is 0 Å². The fraction of sp³-hybridized carbons (Fsp3) is 0.286. The second kappa shape index (κ2) is 4.42. The van der Waals surface area contributed by atoms with Crippen molar-refractivity contribution in [2.24, 2.45) is 0 Å². The van der Waals surface area contributed by atoms with Gasteiger partial charge in [0.05, 0.1) is 17.2 Å². The normalized spacial score (nSPS) is 15.3. The van der Waals surface area contributed by atoms with E-state index in [1.54, 1.807) is 31.2 Å². The Labute approximate surface area is 100 Å². The summed E-state index contributed by atoms with van der Waals surface area (Å²) in [7, 11) is 0. The summed E-state index contributed by atoms with van der Waals surface area (Å²) in [4.78, 5) is 25.3. The summed E-state index contributed by atoms with van der Waals surface area (Å²) in [6.07, 6.45) is 0.716. The maximum absolute atomic E-state index is 12.0. The highest BCUT2D eigenvalue weighted by atomic mass is 16.2. The zero-order chi connectivity index (χ0) is 12.4. The quantitative estimate of drug-likeness (QED) is 0.544. The largest absolute Gasteiger partial charge is 0.269 e. The molecule has 1 aromatic carbocycles. The first-order chi connectivity index (χ1) is 8.16. The van der Waals surface area contributed by atoms with Gasteiger partial charge in [0.25, 0.3) is 11.8 Å². The zero-order valence-electron chi connectivity index (χ0n) is 9.86. The Morgan fingerprint density at radius 1 is 1.18 bits per heavy atom. The van der Waals surface area contributed by atoms with Crippen molar-refractivity contribution in [3.8, 4) is 11.8 Å². The van der Waals surface area contributed by atoms with Gasteiger partial charge in [-0.05, 0) is 19.1 Å². The Balaban J connectivity index is 2.36. The van der Waals surface area contributed by atoms with E-state index in [2.05, 4.69) is 11.8 Å². The van der Waals surface area contributed by atoms with Crippen molar-refractivity contribution >= 4 is 11.8 Å². The molecule has 0 fully saturated rings. The number of nitrogens with zero attached hydrogens (tertiary/aromatic N) is 1. The molecule has 0 aliphatic carbocycles. The van der Waals surface area contributed by atoms with Crippen LogP contribution in [-0.2, 0) is 0 Å². The fourth-order valence-electron chi connectivity index (χ4n) is 1.87. The standard InChI is InChI=1S/C14H13NO2/c1-3-4-7-10(2)15-13(16)11-8-5-6-9-12(11)14(15)17/h5-6,8-10H,3H2,1-2H3/t10-/m0/s1. The Morgan fingerprint density at radius 2 is 1.71 bits per heavy atom. The molecule has 0 unspecified atom stereocenters. The van der Waals surface area contributed by atoms with Crippen LogP contribution < -0.4 is 0 Å². The highest BCUT2D eigenvalue weighted by Crippen LogP contribution is 2.23. The second-order valence-corrected chi connectivity index (χ2v) is 3.88. The summed E-state index contributed by atoms with van der Waals surface area (Å²) < 4.78 is 0. The predicted molar refractivity (Wildman–Crippen MR) is 64.5 cm³/mol. The minimum absolute atomic E-state index is 0.247. The molecule has 2 amide bonds. The summed E-state index contributed by atoms with van der Waals surface area (Å²) in [5.74, 6) is 5.31. The topological polar surface area (TPSA) is 37.4 Å². The number of benzene rings is 1. The molecular weight excluding hydrogens is 214 g/mol. The number of amides is 2. The number of hydrogen-bond donors (Lipinski definition) is 0. The van der Waals surface area contributed by atoms with Crippen molar-refractivity contribution in [1.82, 2.24) is 4.90 Å². The average molecular weight is 227 g/mol. The van der Waals surface area contributed by atoms with E-state index < -0.39 is 0 Å². The number of hydrogen-bond acceptors (Lipinski definition) is 2. The van der Waals surface area contributed by atoms with Gasteiger partial charge in [-0.2, -0.15) is 0 Å². The maximum atomic E-state index is 12.0. The van der Waals surface area contributed by atoms with Crippen LogP contribution in [0.2, 0.25) is 0 Å². The minimum atomic E-state index is -0.373. The van der Waals surface area contributed by atoms with Gasteiger partial charge in [0.2, 0.25) is 0 Å². The zero-order valence-corrected chi connectivity index (χ0v) is 9.86. The van der Waals surface area contributed by atoms with Gasteiger partial charge in [-0.3, -0.25) is 14.5 Å². The predicted octanol–water partition coefficient (Wildman–Crippen LogP) is 2.08. The van der Waals surface area contributed by atoms with E-state index in [9.17, 15) is 9.59 Å². The lowest BCUT2D eigenvalue weighted by Crippen LogP contribution is -2.37. The third-order valence-corrected chi connectivity index (χ3v) is 2.70. The van der Waals surface area contributed by atoms with Crippen LogP contribution in [0.15, 0.2) is 24.3 Å². The van der Waals surface area contributed by atoms with Gasteiger partial charge >= 0.3 is 0 Å². The molecule has 2 rings (SSSR count). The molecule has 0 saturated heterocycles. The van der Waals surface area contributed by atoms with Crippen molar-refractivity contribution < 1.29 is 9.59 Å². The van der Waals surface area contributed by atoms with Crippen LogP contribution >= 0.6 is 0 Å². The highest BCUT2D eigenvalue weighted by molar-refractivity contribution is 6.21. The summed E-state index contributed by atoms with van der Waals surface area (Å²) in [6.45, 7) is 3.70. The molecule has 1 aliphatic heterocycles. The van der Waals surface area contributed by atoms with E-state index >= 15 is 0 Å². The summed E-state index contributed by atoms with van der Waals surface area (Å²) in [6, 6.07) is 6.50. The first kappa shape index (κ1) is 11.4. The molecule has 1 aliphatic rings. The Bertz CT molecular complexity index is 502. The number of carbonyl (C=O) groups is 2. The number of fused-ring (bicyclic) bond motifs is 1. The van der Waals surface area contributed by atoms with Crippen LogP contribution in [0.4, 0.5) is 0 Å². The van der Waals surface area contributed by atoms with E-state index in [1.807, 2.05) is 6.92 Å². The smallest absolute Gasteiger partial charge is 0.262 e. The molecule has 0 N–H and O–H groups in total. The molecule has 17 heavy (non-hydrogen) atoms. The molecule has 3 nitrogen and oxygen atoms in total. The molecule has 3 heteroatoms. The molecule has 86 valence electrons. The van der Waals surface area contributed by atoms with Crippen molar-refractivity contribution in [2.45, 2.75) is 26.3 Å². The van der Waals surface area contributed by atoms with Gasteiger partial charge in [-0.25, -0.2) is 0 Å². The van der Waals surface area contributed by atoms with Crippen LogP contribution in [0, 0.1) is 11.8 Å². The Hall–Kier alpha value is -2.08. The van der Waals surface area contributed by atoms with Crippen molar-refractivity contribution in [1.29, 1.82) is 0 Å². The fourth-order valence-corrected chi connectivity index (χ4v) is 1.87. The molecule has 1 heterocycles. The van der Waals surface area contributed by atoms with Crippen molar-refractivity contribution in [3.63, 3.8) is 0 Å². The Morgan fingerprint density at radius 3 is 2.18 bits per heavy atom. The third kappa shape index (κ3) is 1.83. The first-order valence-electron chi connectivity index (χ1n) is 5.62. The van der Waals surface area contributed by atoms with Crippen molar-refractivity contribution in [2.75, 3.05) is 0 Å². The monoisotopic (exact) mass is 227 g/mol. The number of imide groups is 1. The maximum Gasteiger partial charge on any atom is 0.262 e. The molecule has 1 atom stereocenters. The molecule has 0 radical (unpaired) electrons. The molecule has 0 saturated carbocycles. The van der Waals surface area contributed by atoms with Crippen LogP contribution in [0.3, 0.4) is 0 Å². The van der Waals surface area contributed by atoms with Crippen LogP contribution in [0.1, 0.15) is 41.0 Å². The van der Waals surface area contributed by atoms with Gasteiger partial charge in [-0.15, -0.1) is 5.92 Å². The highest BCUT2D eigenvalue weighted by Gasteiger charge is 2.37. The van der Waals surface area contributed by atoms with Gasteiger partial charge in [-0.1, -0.05) is 25.0 Å². The molecule has 1 aromatic rings. The van der Waals surface area contributed by atoms with E-state index in [4.69, 9.17) is 0 Å². The lowest BCUT2D eigenvalue weighted by molar-refractivity contribution is 0.0630. The van der Waals surface area contributed by atoms with Crippen molar-refractivity contribution in [3.05, 3.63) is 35.4 Å². The van der Waals surface area contributed by atoms with E-state index in [0.29, 0.717) is 17.5 Å². The summed E-state index contributed by atoms with van der Waals surface area (Å²) in [5.41, 5.74) is 0.949. The van der Waals surface area contributed by atoms with E-state index in [1.165, 1.54) is 4.90 Å². The second-order valence-electron chi connectivity index (χ2n) is 3.88. The van der Waals surface area contributed by atoms with Gasteiger partial charge < -0.3 is 0 Å². The summed E-state index contributed by atoms with van der Waals surface area (Å²) in [5, 5.41) is 0. The Kier molecular flexibility index (Phi) is 2.97. The van der Waals surface area contributed by atoms with E-state index in [0.717, 1.165) is 0 Å².